The van der Waals surface area contributed by atoms with Crippen molar-refractivity contribution in [3.8, 4) is 5.75 Å². The van der Waals surface area contributed by atoms with Crippen molar-refractivity contribution in [3.05, 3.63) is 53.1 Å². The van der Waals surface area contributed by atoms with E-state index in [0.717, 1.165) is 29.3 Å². The van der Waals surface area contributed by atoms with Crippen LogP contribution in [0.5, 0.6) is 5.75 Å². The van der Waals surface area contributed by atoms with E-state index < -0.39 is 0 Å². The number of nitrogens with two attached hydrogens (primary N) is 1. The second-order valence-corrected chi connectivity index (χ2v) is 4.98. The summed E-state index contributed by atoms with van der Waals surface area (Å²) in [5, 5.41) is 0. The topological polar surface area (TPSA) is 61.0 Å². The molecule has 0 spiro atoms. The van der Waals surface area contributed by atoms with Crippen LogP contribution in [-0.2, 0) is 6.42 Å². The highest BCUT2D eigenvalue weighted by Gasteiger charge is 2.26. The van der Waals surface area contributed by atoms with Gasteiger partial charge in [0.2, 0.25) is 0 Å². The molecular formula is C15H17N3O. The van der Waals surface area contributed by atoms with Gasteiger partial charge in [0.05, 0.1) is 0 Å². The number of nitrogens with zero attached hydrogens (tertiary/aromatic N) is 2. The molecule has 1 aliphatic rings. The van der Waals surface area contributed by atoms with E-state index in [1.807, 2.05) is 38.2 Å². The molecule has 0 amide bonds. The average Bonchev–Trinajstić information content (AvgIpc) is 2.81. The third kappa shape index (κ3) is 2.19. The van der Waals surface area contributed by atoms with Gasteiger partial charge in [0, 0.05) is 29.9 Å². The van der Waals surface area contributed by atoms with Crippen LogP contribution in [0.4, 0.5) is 0 Å². The third-order valence-corrected chi connectivity index (χ3v) is 3.46. The van der Waals surface area contributed by atoms with Gasteiger partial charge in [-0.25, -0.2) is 9.97 Å². The van der Waals surface area contributed by atoms with Crippen LogP contribution in [0.25, 0.3) is 0 Å². The molecule has 2 heterocycles. The number of ether oxygens (including phenoxy) is 1. The Bertz CT molecular complexity index is 585. The van der Waals surface area contributed by atoms with Gasteiger partial charge in [-0.2, -0.15) is 0 Å². The lowest BCUT2D eigenvalue weighted by Gasteiger charge is -2.13. The minimum atomic E-state index is -0.0850. The van der Waals surface area contributed by atoms with Crippen LogP contribution < -0.4 is 10.5 Å². The van der Waals surface area contributed by atoms with Crippen LogP contribution in [0.2, 0.25) is 0 Å². The van der Waals surface area contributed by atoms with E-state index in [2.05, 4.69) is 16.0 Å². The maximum atomic E-state index is 5.89. The molecule has 2 unspecified atom stereocenters. The minimum Gasteiger partial charge on any atom is -0.482 e. The predicted molar refractivity (Wildman–Crippen MR) is 72.9 cm³/mol. The first kappa shape index (κ1) is 12.1. The van der Waals surface area contributed by atoms with Gasteiger partial charge in [-0.15, -0.1) is 0 Å². The van der Waals surface area contributed by atoms with Crippen molar-refractivity contribution in [1.29, 1.82) is 0 Å². The van der Waals surface area contributed by atoms with Crippen molar-refractivity contribution in [2.45, 2.75) is 32.4 Å². The lowest BCUT2D eigenvalue weighted by Crippen LogP contribution is -2.14. The average molecular weight is 255 g/mol. The highest BCUT2D eigenvalue weighted by Crippen LogP contribution is 2.35. The molecule has 2 aromatic rings. The number of hydrogen-bond acceptors (Lipinski definition) is 4. The molecule has 2 atom stereocenters. The van der Waals surface area contributed by atoms with Crippen molar-refractivity contribution >= 4 is 0 Å². The first-order chi connectivity index (χ1) is 9.15. The summed E-state index contributed by atoms with van der Waals surface area (Å²) in [5.41, 5.74) is 9.00. The molecule has 0 saturated carbocycles. The number of benzene rings is 1. The Labute approximate surface area is 112 Å². The summed E-state index contributed by atoms with van der Waals surface area (Å²) in [6.07, 6.45) is 2.56. The second kappa shape index (κ2) is 4.63. The fourth-order valence-electron chi connectivity index (χ4n) is 2.42. The maximum absolute atomic E-state index is 5.89. The molecule has 1 aromatic carbocycles. The van der Waals surface area contributed by atoms with E-state index >= 15 is 0 Å². The van der Waals surface area contributed by atoms with Crippen LogP contribution >= 0.6 is 0 Å². The lowest BCUT2D eigenvalue weighted by atomic mass is 10.1. The van der Waals surface area contributed by atoms with E-state index in [4.69, 9.17) is 10.5 Å². The molecule has 3 rings (SSSR count). The number of aryl methyl sites for hydroxylation is 1. The van der Waals surface area contributed by atoms with Crippen molar-refractivity contribution in [2.75, 3.05) is 0 Å². The zero-order chi connectivity index (χ0) is 13.4. The Hall–Kier alpha value is -1.94. The zero-order valence-corrected chi connectivity index (χ0v) is 11.1. The summed E-state index contributed by atoms with van der Waals surface area (Å²) in [6.45, 7) is 3.90. The fraction of sp³-hybridized carbons (Fsp3) is 0.333. The van der Waals surface area contributed by atoms with E-state index in [1.165, 1.54) is 5.56 Å². The van der Waals surface area contributed by atoms with Crippen LogP contribution in [0, 0.1) is 6.92 Å². The van der Waals surface area contributed by atoms with Gasteiger partial charge < -0.3 is 10.5 Å². The standard InChI is InChI=1S/C15H17N3O/c1-9(16)12-8-17-15(18-10(12)2)14-7-11-5-3-4-6-13(11)19-14/h3-6,8-9,14H,7,16H2,1-2H3. The van der Waals surface area contributed by atoms with Gasteiger partial charge >= 0.3 is 0 Å². The molecule has 0 saturated heterocycles. The van der Waals surface area contributed by atoms with E-state index in [-0.39, 0.29) is 12.1 Å². The predicted octanol–water partition coefficient (Wildman–Crippen LogP) is 2.48. The Kier molecular flexibility index (Phi) is 2.95. The maximum Gasteiger partial charge on any atom is 0.169 e. The van der Waals surface area contributed by atoms with E-state index in [9.17, 15) is 0 Å². The third-order valence-electron chi connectivity index (χ3n) is 3.46. The molecule has 0 bridgehead atoms. The van der Waals surface area contributed by atoms with Gasteiger partial charge in [0.15, 0.2) is 11.9 Å². The Balaban J connectivity index is 1.88. The normalized spacial score (nSPS) is 18.8. The van der Waals surface area contributed by atoms with E-state index in [1.54, 1.807) is 0 Å². The minimum absolute atomic E-state index is 0.0456. The summed E-state index contributed by atoms with van der Waals surface area (Å²) in [6, 6.07) is 8.02. The molecule has 19 heavy (non-hydrogen) atoms. The second-order valence-electron chi connectivity index (χ2n) is 4.98. The van der Waals surface area contributed by atoms with E-state index in [0.29, 0.717) is 0 Å². The molecule has 4 heteroatoms. The summed E-state index contributed by atoms with van der Waals surface area (Å²) in [4.78, 5) is 8.95. The number of hydrogen-bond donors (Lipinski definition) is 1. The Morgan fingerprint density at radius 2 is 2.16 bits per heavy atom. The molecule has 0 aliphatic carbocycles. The number of para-hydroxylation sites is 1. The van der Waals surface area contributed by atoms with Crippen molar-refractivity contribution < 1.29 is 4.74 Å². The molecule has 4 nitrogen and oxygen atoms in total. The Morgan fingerprint density at radius 1 is 1.37 bits per heavy atom. The van der Waals surface area contributed by atoms with Crippen LogP contribution in [0.15, 0.2) is 30.5 Å². The first-order valence-electron chi connectivity index (χ1n) is 6.48. The largest absolute Gasteiger partial charge is 0.482 e. The summed E-state index contributed by atoms with van der Waals surface area (Å²) < 4.78 is 5.89. The van der Waals surface area contributed by atoms with Crippen LogP contribution in [-0.4, -0.2) is 9.97 Å². The number of fused-ring (bicyclic) bond motifs is 1. The summed E-state index contributed by atoms with van der Waals surface area (Å²) >= 11 is 0. The molecular weight excluding hydrogens is 238 g/mol. The first-order valence-corrected chi connectivity index (χ1v) is 6.48. The summed E-state index contributed by atoms with van der Waals surface area (Å²) in [5.74, 6) is 1.67. The molecule has 0 fully saturated rings. The fourth-order valence-corrected chi connectivity index (χ4v) is 2.42. The van der Waals surface area contributed by atoms with Gasteiger partial charge in [-0.3, -0.25) is 0 Å². The molecule has 1 aliphatic heterocycles. The number of rotatable bonds is 2. The van der Waals surface area contributed by atoms with Crippen molar-refractivity contribution in [1.82, 2.24) is 9.97 Å². The Morgan fingerprint density at radius 3 is 2.84 bits per heavy atom. The highest BCUT2D eigenvalue weighted by atomic mass is 16.5. The molecule has 98 valence electrons. The lowest BCUT2D eigenvalue weighted by molar-refractivity contribution is 0.227. The monoisotopic (exact) mass is 255 g/mol. The summed E-state index contributed by atoms with van der Waals surface area (Å²) in [7, 11) is 0. The van der Waals surface area contributed by atoms with Crippen molar-refractivity contribution in [3.63, 3.8) is 0 Å². The molecule has 0 radical (unpaired) electrons. The van der Waals surface area contributed by atoms with Crippen molar-refractivity contribution in [2.24, 2.45) is 5.73 Å². The van der Waals surface area contributed by atoms with Crippen LogP contribution in [0.1, 0.15) is 41.7 Å². The quantitative estimate of drug-likeness (QED) is 0.895. The van der Waals surface area contributed by atoms with Gasteiger partial charge in [0.25, 0.3) is 0 Å². The molecule has 2 N–H and O–H groups in total. The smallest absolute Gasteiger partial charge is 0.169 e. The van der Waals surface area contributed by atoms with Gasteiger partial charge in [-0.05, 0) is 25.5 Å². The SMILES string of the molecule is Cc1nc(C2Cc3ccccc3O2)ncc1C(C)N. The number of aromatic nitrogens is 2. The highest BCUT2D eigenvalue weighted by molar-refractivity contribution is 5.38. The zero-order valence-electron chi connectivity index (χ0n) is 11.1. The molecule has 1 aromatic heterocycles. The van der Waals surface area contributed by atoms with Crippen LogP contribution in [0.3, 0.4) is 0 Å². The van der Waals surface area contributed by atoms with Gasteiger partial charge in [0.1, 0.15) is 5.75 Å². The van der Waals surface area contributed by atoms with Gasteiger partial charge in [-0.1, -0.05) is 18.2 Å².